The minimum atomic E-state index is -0.540. The number of fused-ring (bicyclic) bond motifs is 3. The number of halogens is 1. The Labute approximate surface area is 79.8 Å². The largest absolute Gasteiger partial charge is 0.385 e. The normalized spacial score (nSPS) is 20.3. The summed E-state index contributed by atoms with van der Waals surface area (Å²) in [6, 6.07) is 4.88. The standard InChI is InChI=1S/C10H9FN2O/c11-6-2-1-3-7-9(6)12-10-8(14)4-5-13(7)10/h1-3,8,14H,4-5H2. The zero-order chi connectivity index (χ0) is 9.71. The third-order valence-corrected chi connectivity index (χ3v) is 2.68. The highest BCUT2D eigenvalue weighted by Crippen LogP contribution is 2.30. The van der Waals surface area contributed by atoms with Crippen molar-refractivity contribution in [1.82, 2.24) is 9.55 Å². The van der Waals surface area contributed by atoms with Crippen LogP contribution in [0.4, 0.5) is 4.39 Å². The first-order valence-corrected chi connectivity index (χ1v) is 4.60. The Morgan fingerprint density at radius 3 is 3.21 bits per heavy atom. The number of aryl methyl sites for hydroxylation is 1. The lowest BCUT2D eigenvalue weighted by Crippen LogP contribution is -1.93. The first-order valence-electron chi connectivity index (χ1n) is 4.60. The maximum Gasteiger partial charge on any atom is 0.151 e. The molecule has 0 bridgehead atoms. The van der Waals surface area contributed by atoms with Gasteiger partial charge in [0, 0.05) is 6.54 Å². The Morgan fingerprint density at radius 1 is 1.50 bits per heavy atom. The number of hydrogen-bond donors (Lipinski definition) is 1. The van der Waals surface area contributed by atoms with Crippen molar-refractivity contribution in [3.63, 3.8) is 0 Å². The summed E-state index contributed by atoms with van der Waals surface area (Å²) in [6.07, 6.45) is 0.135. The van der Waals surface area contributed by atoms with E-state index in [4.69, 9.17) is 0 Å². The summed E-state index contributed by atoms with van der Waals surface area (Å²) >= 11 is 0. The molecular formula is C10H9FN2O. The number of imidazole rings is 1. The van der Waals surface area contributed by atoms with Gasteiger partial charge in [0.2, 0.25) is 0 Å². The smallest absolute Gasteiger partial charge is 0.151 e. The Bertz CT molecular complexity index is 506. The average Bonchev–Trinajstić information content (AvgIpc) is 2.69. The summed E-state index contributed by atoms with van der Waals surface area (Å²) in [4.78, 5) is 4.11. The fraction of sp³-hybridized carbons (Fsp3) is 0.300. The van der Waals surface area contributed by atoms with Crippen LogP contribution in [0.1, 0.15) is 18.3 Å². The van der Waals surface area contributed by atoms with Crippen molar-refractivity contribution in [2.45, 2.75) is 19.1 Å². The summed E-state index contributed by atoms with van der Waals surface area (Å²) < 4.78 is 15.2. The fourth-order valence-corrected chi connectivity index (χ4v) is 2.00. The molecule has 0 saturated heterocycles. The highest BCUT2D eigenvalue weighted by Gasteiger charge is 2.25. The molecule has 2 heterocycles. The molecule has 3 rings (SSSR count). The van der Waals surface area contributed by atoms with Gasteiger partial charge in [-0.15, -0.1) is 0 Å². The van der Waals surface area contributed by atoms with Crippen LogP contribution in [0.3, 0.4) is 0 Å². The lowest BCUT2D eigenvalue weighted by Gasteiger charge is -1.96. The van der Waals surface area contributed by atoms with E-state index in [-0.39, 0.29) is 5.82 Å². The molecule has 1 aliphatic rings. The molecule has 14 heavy (non-hydrogen) atoms. The van der Waals surface area contributed by atoms with Crippen LogP contribution in [-0.2, 0) is 6.54 Å². The number of rotatable bonds is 0. The minimum absolute atomic E-state index is 0.323. The summed E-state index contributed by atoms with van der Waals surface area (Å²) in [6.45, 7) is 0.719. The molecule has 4 heteroatoms. The molecule has 0 spiro atoms. The van der Waals surface area contributed by atoms with Gasteiger partial charge in [-0.25, -0.2) is 9.37 Å². The Balaban J connectivity index is 2.40. The van der Waals surface area contributed by atoms with Crippen LogP contribution in [0.15, 0.2) is 18.2 Å². The van der Waals surface area contributed by atoms with Gasteiger partial charge in [0.15, 0.2) is 5.82 Å². The molecule has 0 radical (unpaired) electrons. The molecule has 1 aromatic heterocycles. The molecule has 0 fully saturated rings. The summed E-state index contributed by atoms with van der Waals surface area (Å²) in [5, 5.41) is 9.57. The SMILES string of the molecule is OC1CCn2c1nc1c(F)cccc12. The topological polar surface area (TPSA) is 38.0 Å². The van der Waals surface area contributed by atoms with E-state index in [1.165, 1.54) is 6.07 Å². The Kier molecular flexibility index (Phi) is 1.44. The lowest BCUT2D eigenvalue weighted by molar-refractivity contribution is 0.176. The second kappa shape index (κ2) is 2.54. The summed E-state index contributed by atoms with van der Waals surface area (Å²) in [5.41, 5.74) is 1.14. The Hall–Kier alpha value is -1.42. The molecular weight excluding hydrogens is 183 g/mol. The average molecular weight is 192 g/mol. The van der Waals surface area contributed by atoms with Crippen molar-refractivity contribution in [2.24, 2.45) is 0 Å². The van der Waals surface area contributed by atoms with E-state index in [1.807, 2.05) is 10.6 Å². The van der Waals surface area contributed by atoms with Crippen LogP contribution in [0, 0.1) is 5.82 Å². The van der Waals surface area contributed by atoms with Gasteiger partial charge in [0.25, 0.3) is 0 Å². The zero-order valence-corrected chi connectivity index (χ0v) is 7.44. The van der Waals surface area contributed by atoms with Gasteiger partial charge in [-0.05, 0) is 18.6 Å². The number of hydrogen-bond acceptors (Lipinski definition) is 2. The highest BCUT2D eigenvalue weighted by molar-refractivity contribution is 5.77. The molecule has 0 saturated carbocycles. The van der Waals surface area contributed by atoms with Gasteiger partial charge in [0.1, 0.15) is 17.4 Å². The second-order valence-electron chi connectivity index (χ2n) is 3.53. The number of para-hydroxylation sites is 1. The number of benzene rings is 1. The predicted molar refractivity (Wildman–Crippen MR) is 49.3 cm³/mol. The molecule has 72 valence electrons. The van der Waals surface area contributed by atoms with Crippen LogP contribution < -0.4 is 0 Å². The quantitative estimate of drug-likeness (QED) is 0.688. The van der Waals surface area contributed by atoms with Crippen LogP contribution in [0.25, 0.3) is 11.0 Å². The highest BCUT2D eigenvalue weighted by atomic mass is 19.1. The third-order valence-electron chi connectivity index (χ3n) is 2.68. The van der Waals surface area contributed by atoms with E-state index < -0.39 is 6.10 Å². The summed E-state index contributed by atoms with van der Waals surface area (Å²) in [7, 11) is 0. The molecule has 1 aromatic carbocycles. The van der Waals surface area contributed by atoms with Gasteiger partial charge in [-0.2, -0.15) is 0 Å². The van der Waals surface area contributed by atoms with Crippen molar-refractivity contribution >= 4 is 11.0 Å². The molecule has 1 unspecified atom stereocenters. The second-order valence-corrected chi connectivity index (χ2v) is 3.53. The van der Waals surface area contributed by atoms with Crippen molar-refractivity contribution in [1.29, 1.82) is 0 Å². The van der Waals surface area contributed by atoms with Crippen molar-refractivity contribution in [3.05, 3.63) is 29.8 Å². The van der Waals surface area contributed by atoms with Gasteiger partial charge in [-0.1, -0.05) is 6.07 Å². The molecule has 0 amide bonds. The summed E-state index contributed by atoms with van der Waals surface area (Å²) in [5.74, 6) is 0.265. The predicted octanol–water partition coefficient (Wildman–Crippen LogP) is 1.61. The van der Waals surface area contributed by atoms with Crippen LogP contribution in [0.5, 0.6) is 0 Å². The van der Waals surface area contributed by atoms with Crippen molar-refractivity contribution in [2.75, 3.05) is 0 Å². The zero-order valence-electron chi connectivity index (χ0n) is 7.44. The lowest BCUT2D eigenvalue weighted by atomic mass is 10.3. The van der Waals surface area contributed by atoms with Crippen LogP contribution in [-0.4, -0.2) is 14.7 Å². The minimum Gasteiger partial charge on any atom is -0.385 e. The van der Waals surface area contributed by atoms with E-state index in [9.17, 15) is 9.50 Å². The molecule has 2 aromatic rings. The number of aliphatic hydroxyl groups excluding tert-OH is 1. The van der Waals surface area contributed by atoms with E-state index in [0.29, 0.717) is 17.8 Å². The number of aliphatic hydroxyl groups is 1. The molecule has 1 atom stereocenters. The van der Waals surface area contributed by atoms with Crippen LogP contribution in [0.2, 0.25) is 0 Å². The number of nitrogens with zero attached hydrogens (tertiary/aromatic N) is 2. The van der Waals surface area contributed by atoms with E-state index in [0.717, 1.165) is 12.1 Å². The Morgan fingerprint density at radius 2 is 2.36 bits per heavy atom. The number of aromatic nitrogens is 2. The molecule has 1 aliphatic heterocycles. The maximum absolute atomic E-state index is 13.3. The van der Waals surface area contributed by atoms with Gasteiger partial charge in [-0.3, -0.25) is 0 Å². The monoisotopic (exact) mass is 192 g/mol. The van der Waals surface area contributed by atoms with Crippen LogP contribution >= 0.6 is 0 Å². The van der Waals surface area contributed by atoms with Gasteiger partial charge in [0.05, 0.1) is 5.52 Å². The molecule has 3 nitrogen and oxygen atoms in total. The van der Waals surface area contributed by atoms with E-state index >= 15 is 0 Å². The fourth-order valence-electron chi connectivity index (χ4n) is 2.00. The maximum atomic E-state index is 13.3. The van der Waals surface area contributed by atoms with E-state index in [1.54, 1.807) is 6.07 Å². The van der Waals surface area contributed by atoms with Gasteiger partial charge < -0.3 is 9.67 Å². The van der Waals surface area contributed by atoms with Crippen molar-refractivity contribution < 1.29 is 9.50 Å². The molecule has 0 aliphatic carbocycles. The van der Waals surface area contributed by atoms with E-state index in [2.05, 4.69) is 4.98 Å². The van der Waals surface area contributed by atoms with Gasteiger partial charge >= 0.3 is 0 Å². The third kappa shape index (κ3) is 0.861. The first-order chi connectivity index (χ1) is 6.77. The van der Waals surface area contributed by atoms with Crippen molar-refractivity contribution in [3.8, 4) is 0 Å². The first kappa shape index (κ1) is 7.94. The molecule has 1 N–H and O–H groups in total.